The SMILES string of the molecule is CC(C)(C)OC(=O)[C@H](N)CC1CC[NH2+]CC1. The summed E-state index contributed by atoms with van der Waals surface area (Å²) in [5, 5.41) is 2.31. The van der Waals surface area contributed by atoms with Gasteiger partial charge < -0.3 is 15.8 Å². The van der Waals surface area contributed by atoms with Gasteiger partial charge in [0.05, 0.1) is 13.1 Å². The van der Waals surface area contributed by atoms with Gasteiger partial charge in [-0.15, -0.1) is 0 Å². The third-order valence-electron chi connectivity index (χ3n) is 2.85. The predicted molar refractivity (Wildman–Crippen MR) is 62.8 cm³/mol. The van der Waals surface area contributed by atoms with E-state index in [-0.39, 0.29) is 5.97 Å². The second-order valence-corrected chi connectivity index (χ2v) is 5.69. The van der Waals surface area contributed by atoms with Crippen LogP contribution in [0.25, 0.3) is 0 Å². The van der Waals surface area contributed by atoms with Crippen LogP contribution in [0.5, 0.6) is 0 Å². The number of quaternary nitrogens is 1. The van der Waals surface area contributed by atoms with Crippen molar-refractivity contribution in [2.75, 3.05) is 13.1 Å². The molecule has 0 unspecified atom stereocenters. The van der Waals surface area contributed by atoms with Gasteiger partial charge in [-0.2, -0.15) is 0 Å². The number of hydrogen-bond donors (Lipinski definition) is 2. The standard InChI is InChI=1S/C12H24N2O2/c1-12(2,3)16-11(15)10(13)8-9-4-6-14-7-5-9/h9-10,14H,4-8,13H2,1-3H3/p+1/t10-/m1/s1. The van der Waals surface area contributed by atoms with Crippen molar-refractivity contribution in [3.63, 3.8) is 0 Å². The molecule has 4 heteroatoms. The lowest BCUT2D eigenvalue weighted by molar-refractivity contribution is -0.664. The number of rotatable bonds is 3. The Morgan fingerprint density at radius 1 is 1.44 bits per heavy atom. The maximum Gasteiger partial charge on any atom is 0.323 e. The molecule has 0 radical (unpaired) electrons. The number of hydrogen-bond acceptors (Lipinski definition) is 3. The fraction of sp³-hybridized carbons (Fsp3) is 0.917. The van der Waals surface area contributed by atoms with Crippen LogP contribution in [0.4, 0.5) is 0 Å². The van der Waals surface area contributed by atoms with Gasteiger partial charge in [-0.05, 0) is 46.0 Å². The molecule has 0 aliphatic carbocycles. The summed E-state index contributed by atoms with van der Waals surface area (Å²) in [6, 6.07) is -0.456. The Kier molecular flexibility index (Phi) is 4.74. The van der Waals surface area contributed by atoms with E-state index in [0.717, 1.165) is 32.4 Å². The van der Waals surface area contributed by atoms with Gasteiger partial charge in [0.25, 0.3) is 0 Å². The Bertz CT molecular complexity index is 230. The Hall–Kier alpha value is -0.610. The molecule has 1 aliphatic rings. The van der Waals surface area contributed by atoms with Crippen molar-refractivity contribution in [3.8, 4) is 0 Å². The molecule has 0 amide bonds. The number of carbonyl (C=O) groups excluding carboxylic acids is 1. The van der Waals surface area contributed by atoms with Crippen LogP contribution in [0.2, 0.25) is 0 Å². The van der Waals surface area contributed by atoms with Crippen LogP contribution in [0.15, 0.2) is 0 Å². The third-order valence-corrected chi connectivity index (χ3v) is 2.85. The second-order valence-electron chi connectivity index (χ2n) is 5.69. The van der Waals surface area contributed by atoms with Gasteiger partial charge in [0.15, 0.2) is 0 Å². The van der Waals surface area contributed by atoms with Crippen LogP contribution in [0.1, 0.15) is 40.0 Å². The largest absolute Gasteiger partial charge is 0.459 e. The van der Waals surface area contributed by atoms with Gasteiger partial charge in [-0.1, -0.05) is 0 Å². The lowest BCUT2D eigenvalue weighted by atomic mass is 9.91. The lowest BCUT2D eigenvalue weighted by Crippen LogP contribution is -2.86. The highest BCUT2D eigenvalue weighted by Crippen LogP contribution is 2.17. The second kappa shape index (κ2) is 5.64. The van der Waals surface area contributed by atoms with Crippen molar-refractivity contribution in [2.45, 2.75) is 51.7 Å². The average molecular weight is 229 g/mol. The molecule has 1 heterocycles. The van der Waals surface area contributed by atoms with E-state index in [2.05, 4.69) is 5.32 Å². The summed E-state index contributed by atoms with van der Waals surface area (Å²) >= 11 is 0. The molecule has 0 bridgehead atoms. The van der Waals surface area contributed by atoms with Crippen LogP contribution in [-0.2, 0) is 9.53 Å². The highest BCUT2D eigenvalue weighted by atomic mass is 16.6. The van der Waals surface area contributed by atoms with Gasteiger partial charge in [0, 0.05) is 0 Å². The van der Waals surface area contributed by atoms with E-state index in [1.807, 2.05) is 20.8 Å². The molecule has 4 N–H and O–H groups in total. The van der Waals surface area contributed by atoms with Crippen LogP contribution < -0.4 is 11.1 Å². The Morgan fingerprint density at radius 2 is 2.00 bits per heavy atom. The smallest absolute Gasteiger partial charge is 0.323 e. The van der Waals surface area contributed by atoms with E-state index >= 15 is 0 Å². The summed E-state index contributed by atoms with van der Waals surface area (Å²) in [6.07, 6.45) is 3.09. The zero-order valence-corrected chi connectivity index (χ0v) is 10.7. The normalized spacial score (nSPS) is 20.5. The van der Waals surface area contributed by atoms with Crippen molar-refractivity contribution < 1.29 is 14.8 Å². The molecule has 1 fully saturated rings. The summed E-state index contributed by atoms with van der Waals surface area (Å²) in [5.74, 6) is 0.328. The van der Waals surface area contributed by atoms with E-state index in [1.54, 1.807) is 0 Å². The zero-order valence-electron chi connectivity index (χ0n) is 10.7. The molecule has 1 aliphatic heterocycles. The first kappa shape index (κ1) is 13.5. The zero-order chi connectivity index (χ0) is 12.2. The summed E-state index contributed by atoms with van der Waals surface area (Å²) in [4.78, 5) is 11.7. The molecule has 0 saturated carbocycles. The fourth-order valence-electron chi connectivity index (χ4n) is 2.06. The molecule has 4 nitrogen and oxygen atoms in total. The number of nitrogens with two attached hydrogens (primary N) is 2. The minimum Gasteiger partial charge on any atom is -0.459 e. The minimum atomic E-state index is -0.456. The van der Waals surface area contributed by atoms with E-state index in [4.69, 9.17) is 10.5 Å². The lowest BCUT2D eigenvalue weighted by Gasteiger charge is -2.25. The Labute approximate surface area is 97.9 Å². The Morgan fingerprint density at radius 3 is 2.50 bits per heavy atom. The molecule has 0 aromatic rings. The molecule has 16 heavy (non-hydrogen) atoms. The van der Waals surface area contributed by atoms with Crippen molar-refractivity contribution in [3.05, 3.63) is 0 Å². The molecule has 0 spiro atoms. The number of ether oxygens (including phenoxy) is 1. The average Bonchev–Trinajstić information content (AvgIpc) is 2.16. The van der Waals surface area contributed by atoms with Crippen LogP contribution in [-0.4, -0.2) is 30.7 Å². The van der Waals surface area contributed by atoms with Crippen molar-refractivity contribution >= 4 is 5.97 Å². The van der Waals surface area contributed by atoms with Gasteiger partial charge in [0.2, 0.25) is 0 Å². The third kappa shape index (κ3) is 4.94. The first-order valence-corrected chi connectivity index (χ1v) is 6.18. The van der Waals surface area contributed by atoms with E-state index in [1.165, 1.54) is 0 Å². The van der Waals surface area contributed by atoms with E-state index in [9.17, 15) is 4.79 Å². The first-order chi connectivity index (χ1) is 7.38. The highest BCUT2D eigenvalue weighted by molar-refractivity contribution is 5.75. The summed E-state index contributed by atoms with van der Waals surface area (Å²) in [6.45, 7) is 7.92. The van der Waals surface area contributed by atoms with Gasteiger partial charge >= 0.3 is 5.97 Å². The molecule has 94 valence electrons. The van der Waals surface area contributed by atoms with E-state index in [0.29, 0.717) is 5.92 Å². The highest BCUT2D eigenvalue weighted by Gasteiger charge is 2.26. The molecule has 0 aromatic heterocycles. The van der Waals surface area contributed by atoms with Crippen LogP contribution in [0.3, 0.4) is 0 Å². The summed E-state index contributed by atoms with van der Waals surface area (Å²) < 4.78 is 5.27. The van der Waals surface area contributed by atoms with Crippen LogP contribution in [0, 0.1) is 5.92 Å². The monoisotopic (exact) mass is 229 g/mol. The molecule has 1 atom stereocenters. The first-order valence-electron chi connectivity index (χ1n) is 6.18. The molecular weight excluding hydrogens is 204 g/mol. The quantitative estimate of drug-likeness (QED) is 0.670. The topological polar surface area (TPSA) is 68.9 Å². The van der Waals surface area contributed by atoms with Crippen molar-refractivity contribution in [2.24, 2.45) is 11.7 Å². The number of esters is 1. The fourth-order valence-corrected chi connectivity index (χ4v) is 2.06. The van der Waals surface area contributed by atoms with Crippen molar-refractivity contribution in [1.82, 2.24) is 0 Å². The summed E-state index contributed by atoms with van der Waals surface area (Å²) in [7, 11) is 0. The molecule has 1 saturated heterocycles. The van der Waals surface area contributed by atoms with Gasteiger partial charge in [-0.25, -0.2) is 0 Å². The minimum absolute atomic E-state index is 0.262. The predicted octanol–water partition coefficient (Wildman–Crippen LogP) is 0.0189. The van der Waals surface area contributed by atoms with E-state index < -0.39 is 11.6 Å². The summed E-state index contributed by atoms with van der Waals surface area (Å²) in [5.41, 5.74) is 5.44. The number of carbonyl (C=O) groups is 1. The van der Waals surface area contributed by atoms with Gasteiger partial charge in [0.1, 0.15) is 11.6 Å². The molecule has 0 aromatic carbocycles. The maximum absolute atomic E-state index is 11.7. The molecular formula is C12H25N2O2+. The van der Waals surface area contributed by atoms with Crippen molar-refractivity contribution in [1.29, 1.82) is 0 Å². The number of piperidine rings is 1. The molecule has 1 rings (SSSR count). The van der Waals surface area contributed by atoms with Gasteiger partial charge in [-0.3, -0.25) is 4.79 Å². The maximum atomic E-state index is 11.7. The Balaban J connectivity index is 2.33. The van der Waals surface area contributed by atoms with Crippen LogP contribution >= 0.6 is 0 Å².